The molecule has 4 heteroatoms. The molecule has 0 radical (unpaired) electrons. The zero-order chi connectivity index (χ0) is 12.7. The topological polar surface area (TPSA) is 33.7 Å². The molecule has 4 nitrogen and oxygen atoms in total. The van der Waals surface area contributed by atoms with E-state index in [0.717, 1.165) is 12.5 Å². The molecule has 0 aliphatic carbocycles. The Labute approximate surface area is 106 Å². The van der Waals surface area contributed by atoms with Gasteiger partial charge in [-0.2, -0.15) is 0 Å². The van der Waals surface area contributed by atoms with E-state index in [1.54, 1.807) is 14.2 Å². The molecule has 1 heterocycles. The van der Waals surface area contributed by atoms with Gasteiger partial charge in [0.15, 0.2) is 0 Å². The van der Waals surface area contributed by atoms with Crippen LogP contribution in [0.15, 0.2) is 0 Å². The summed E-state index contributed by atoms with van der Waals surface area (Å²) in [7, 11) is 5.66. The lowest BCUT2D eigenvalue weighted by Gasteiger charge is -2.33. The number of hydrogen-bond acceptors (Lipinski definition) is 4. The summed E-state index contributed by atoms with van der Waals surface area (Å²) in [6.07, 6.45) is 2.76. The fraction of sp³-hybridized carbons (Fsp3) is 1.00. The highest BCUT2D eigenvalue weighted by Crippen LogP contribution is 2.19. The highest BCUT2D eigenvalue weighted by molar-refractivity contribution is 4.79. The summed E-state index contributed by atoms with van der Waals surface area (Å²) in [4.78, 5) is 2.41. The molecule has 2 unspecified atom stereocenters. The lowest BCUT2D eigenvalue weighted by Crippen LogP contribution is -2.44. The van der Waals surface area contributed by atoms with Gasteiger partial charge in [0.25, 0.3) is 0 Å². The highest BCUT2D eigenvalue weighted by Gasteiger charge is 2.22. The van der Waals surface area contributed by atoms with Crippen LogP contribution in [0.2, 0.25) is 0 Å². The Hall–Kier alpha value is -0.160. The van der Waals surface area contributed by atoms with Crippen molar-refractivity contribution >= 4 is 0 Å². The van der Waals surface area contributed by atoms with Gasteiger partial charge in [0.2, 0.25) is 0 Å². The van der Waals surface area contributed by atoms with Gasteiger partial charge >= 0.3 is 0 Å². The maximum Gasteiger partial charge on any atom is 0.0928 e. The van der Waals surface area contributed by atoms with Crippen LogP contribution in [0, 0.1) is 5.92 Å². The molecule has 1 N–H and O–H groups in total. The first kappa shape index (κ1) is 14.9. The Balaban J connectivity index is 2.21. The fourth-order valence-corrected chi connectivity index (χ4v) is 2.41. The quantitative estimate of drug-likeness (QED) is 0.723. The van der Waals surface area contributed by atoms with E-state index in [2.05, 4.69) is 24.2 Å². The fourth-order valence-electron chi connectivity index (χ4n) is 2.41. The molecular formula is C13H28N2O2. The van der Waals surface area contributed by atoms with E-state index in [1.807, 2.05) is 0 Å². The first-order valence-corrected chi connectivity index (χ1v) is 6.61. The number of methoxy groups -OCH3 is 2. The summed E-state index contributed by atoms with van der Waals surface area (Å²) in [5.41, 5.74) is 0. The molecule has 0 spiro atoms. The van der Waals surface area contributed by atoms with Crippen LogP contribution in [-0.2, 0) is 9.47 Å². The van der Waals surface area contributed by atoms with Crippen LogP contribution >= 0.6 is 0 Å². The molecule has 1 rings (SSSR count). The van der Waals surface area contributed by atoms with E-state index in [4.69, 9.17) is 9.47 Å². The monoisotopic (exact) mass is 244 g/mol. The van der Waals surface area contributed by atoms with Crippen LogP contribution in [0.3, 0.4) is 0 Å². The van der Waals surface area contributed by atoms with Gasteiger partial charge in [-0.1, -0.05) is 0 Å². The molecule has 2 atom stereocenters. The Morgan fingerprint density at radius 2 is 1.94 bits per heavy atom. The second-order valence-corrected chi connectivity index (χ2v) is 5.15. The maximum absolute atomic E-state index is 5.35. The van der Waals surface area contributed by atoms with Crippen LogP contribution in [0.5, 0.6) is 0 Å². The number of nitrogens with one attached hydrogen (secondary N) is 1. The maximum atomic E-state index is 5.35. The number of hydrogen-bond donors (Lipinski definition) is 1. The van der Waals surface area contributed by atoms with Gasteiger partial charge < -0.3 is 19.7 Å². The zero-order valence-corrected chi connectivity index (χ0v) is 11.7. The number of nitrogens with zero attached hydrogens (tertiary/aromatic N) is 1. The van der Waals surface area contributed by atoms with E-state index in [-0.39, 0.29) is 6.10 Å². The molecule has 1 saturated heterocycles. The molecule has 0 aromatic rings. The van der Waals surface area contributed by atoms with Crippen molar-refractivity contribution in [2.24, 2.45) is 5.92 Å². The van der Waals surface area contributed by atoms with E-state index in [9.17, 15) is 0 Å². The molecule has 0 aromatic carbocycles. The van der Waals surface area contributed by atoms with Gasteiger partial charge in [0.05, 0.1) is 12.7 Å². The minimum Gasteiger partial charge on any atom is -0.382 e. The van der Waals surface area contributed by atoms with Crippen LogP contribution in [0.1, 0.15) is 19.8 Å². The molecule has 1 fully saturated rings. The minimum atomic E-state index is 0.161. The van der Waals surface area contributed by atoms with Gasteiger partial charge in [0.1, 0.15) is 0 Å². The van der Waals surface area contributed by atoms with Crippen LogP contribution in [-0.4, -0.2) is 64.6 Å². The molecule has 102 valence electrons. The highest BCUT2D eigenvalue weighted by atomic mass is 16.5. The SMILES string of the molecule is COCC(CNC(C)C1CCN(C)CC1)OC. The number of piperidine rings is 1. The molecule has 0 aromatic heterocycles. The summed E-state index contributed by atoms with van der Waals surface area (Å²) in [6.45, 7) is 6.27. The van der Waals surface area contributed by atoms with E-state index in [1.165, 1.54) is 25.9 Å². The third kappa shape index (κ3) is 5.34. The van der Waals surface area contributed by atoms with E-state index >= 15 is 0 Å². The Morgan fingerprint density at radius 3 is 2.47 bits per heavy atom. The third-order valence-corrected chi connectivity index (χ3v) is 3.82. The van der Waals surface area contributed by atoms with E-state index in [0.29, 0.717) is 12.6 Å². The lowest BCUT2D eigenvalue weighted by molar-refractivity contribution is 0.0257. The Morgan fingerprint density at radius 1 is 1.29 bits per heavy atom. The first-order chi connectivity index (χ1) is 8.17. The number of rotatable bonds is 7. The smallest absolute Gasteiger partial charge is 0.0928 e. The predicted molar refractivity (Wildman–Crippen MR) is 70.4 cm³/mol. The summed E-state index contributed by atoms with van der Waals surface area (Å²) < 4.78 is 10.5. The van der Waals surface area contributed by atoms with Crippen LogP contribution in [0.4, 0.5) is 0 Å². The summed E-state index contributed by atoms with van der Waals surface area (Å²) in [5.74, 6) is 0.797. The van der Waals surface area contributed by atoms with Gasteiger partial charge in [-0.3, -0.25) is 0 Å². The first-order valence-electron chi connectivity index (χ1n) is 6.61. The Bertz CT molecular complexity index is 194. The summed E-state index contributed by atoms with van der Waals surface area (Å²) in [5, 5.41) is 3.58. The average Bonchev–Trinajstić information content (AvgIpc) is 2.35. The summed E-state index contributed by atoms with van der Waals surface area (Å²) in [6, 6.07) is 0.568. The standard InChI is InChI=1S/C13H28N2O2/c1-11(12-5-7-15(2)8-6-12)14-9-13(17-4)10-16-3/h11-14H,5-10H2,1-4H3. The molecule has 1 aliphatic heterocycles. The molecule has 17 heavy (non-hydrogen) atoms. The second-order valence-electron chi connectivity index (χ2n) is 5.15. The lowest BCUT2D eigenvalue weighted by atomic mass is 9.90. The number of ether oxygens (including phenoxy) is 2. The van der Waals surface area contributed by atoms with Crippen molar-refractivity contribution in [3.05, 3.63) is 0 Å². The van der Waals surface area contributed by atoms with Crippen LogP contribution in [0.25, 0.3) is 0 Å². The van der Waals surface area contributed by atoms with Gasteiger partial charge in [-0.15, -0.1) is 0 Å². The van der Waals surface area contributed by atoms with Gasteiger partial charge in [0, 0.05) is 26.8 Å². The predicted octanol–water partition coefficient (Wildman–Crippen LogP) is 0.968. The molecule has 0 bridgehead atoms. The van der Waals surface area contributed by atoms with Crippen molar-refractivity contribution in [1.82, 2.24) is 10.2 Å². The van der Waals surface area contributed by atoms with Crippen molar-refractivity contribution in [1.29, 1.82) is 0 Å². The molecular weight excluding hydrogens is 216 g/mol. The van der Waals surface area contributed by atoms with Crippen molar-refractivity contribution in [3.8, 4) is 0 Å². The Kier molecular flexibility index (Phi) is 7.04. The van der Waals surface area contributed by atoms with Crippen molar-refractivity contribution in [3.63, 3.8) is 0 Å². The summed E-state index contributed by atoms with van der Waals surface area (Å²) >= 11 is 0. The van der Waals surface area contributed by atoms with E-state index < -0.39 is 0 Å². The van der Waals surface area contributed by atoms with Crippen LogP contribution < -0.4 is 5.32 Å². The largest absolute Gasteiger partial charge is 0.382 e. The minimum absolute atomic E-state index is 0.161. The van der Waals surface area contributed by atoms with Crippen molar-refractivity contribution < 1.29 is 9.47 Å². The normalized spacial score (nSPS) is 22.6. The van der Waals surface area contributed by atoms with Crippen molar-refractivity contribution in [2.45, 2.75) is 31.9 Å². The van der Waals surface area contributed by atoms with Crippen molar-refractivity contribution in [2.75, 3.05) is 47.5 Å². The third-order valence-electron chi connectivity index (χ3n) is 3.82. The van der Waals surface area contributed by atoms with Gasteiger partial charge in [-0.25, -0.2) is 0 Å². The second kappa shape index (κ2) is 8.03. The number of likely N-dealkylation sites (tertiary alicyclic amines) is 1. The zero-order valence-electron chi connectivity index (χ0n) is 11.7. The molecule has 0 saturated carbocycles. The average molecular weight is 244 g/mol. The molecule has 1 aliphatic rings. The molecule has 0 amide bonds. The van der Waals surface area contributed by atoms with Gasteiger partial charge in [-0.05, 0) is 45.8 Å².